The molecule has 1 N–H and O–H groups in total. The lowest BCUT2D eigenvalue weighted by Crippen LogP contribution is -2.27. The molecule has 0 radical (unpaired) electrons. The number of carbonyl (C=O) groups is 1. The van der Waals surface area contributed by atoms with Gasteiger partial charge in [-0.2, -0.15) is 10.2 Å². The monoisotopic (exact) mass is 320 g/mol. The molecule has 0 aliphatic heterocycles. The summed E-state index contributed by atoms with van der Waals surface area (Å²) < 4.78 is 1.55. The Kier molecular flexibility index (Phi) is 3.96. The fourth-order valence-corrected chi connectivity index (χ4v) is 2.45. The van der Waals surface area contributed by atoms with Crippen molar-refractivity contribution in [2.75, 3.05) is 0 Å². The van der Waals surface area contributed by atoms with Crippen molar-refractivity contribution >= 4 is 11.7 Å². The van der Waals surface area contributed by atoms with E-state index in [2.05, 4.69) is 26.5 Å². The second-order valence-corrected chi connectivity index (χ2v) is 5.62. The van der Waals surface area contributed by atoms with Gasteiger partial charge in [-0.15, -0.1) is 5.10 Å². The van der Waals surface area contributed by atoms with E-state index in [-0.39, 0.29) is 17.8 Å². The molecule has 0 saturated carbocycles. The van der Waals surface area contributed by atoms with Gasteiger partial charge in [0.25, 0.3) is 11.7 Å². The molecule has 3 aromatic rings. The highest BCUT2D eigenvalue weighted by Crippen LogP contribution is 2.14. The van der Waals surface area contributed by atoms with E-state index in [0.29, 0.717) is 11.3 Å². The summed E-state index contributed by atoms with van der Waals surface area (Å²) >= 11 is 0. The van der Waals surface area contributed by atoms with Gasteiger partial charge in [0.2, 0.25) is 5.82 Å². The highest BCUT2D eigenvalue weighted by atomic mass is 16.2. The summed E-state index contributed by atoms with van der Waals surface area (Å²) in [5.74, 6) is 0.120. The maximum atomic E-state index is 12.4. The van der Waals surface area contributed by atoms with Gasteiger partial charge < -0.3 is 5.32 Å². The predicted octanol–water partition coefficient (Wildman–Crippen LogP) is 2.10. The van der Waals surface area contributed by atoms with E-state index in [1.54, 1.807) is 16.6 Å². The van der Waals surface area contributed by atoms with E-state index in [1.807, 2.05) is 39.0 Å². The molecule has 120 valence electrons. The van der Waals surface area contributed by atoms with Crippen LogP contribution in [0.15, 0.2) is 30.3 Å². The SMILES string of the molecule is Cc1cc(C)n2nc(C(=O)NC(C)c3ccc(C#N)cc3)nc2n1. The topological polar surface area (TPSA) is 96.0 Å². The van der Waals surface area contributed by atoms with Crippen LogP contribution in [0.25, 0.3) is 5.78 Å². The first-order valence-electron chi connectivity index (χ1n) is 7.50. The minimum Gasteiger partial charge on any atom is -0.343 e. The summed E-state index contributed by atoms with van der Waals surface area (Å²) in [5, 5.41) is 15.9. The fourth-order valence-electron chi connectivity index (χ4n) is 2.45. The predicted molar refractivity (Wildman–Crippen MR) is 87.3 cm³/mol. The van der Waals surface area contributed by atoms with Gasteiger partial charge in [-0.1, -0.05) is 12.1 Å². The van der Waals surface area contributed by atoms with Crippen LogP contribution < -0.4 is 5.32 Å². The molecule has 0 spiro atoms. The average molecular weight is 320 g/mol. The zero-order chi connectivity index (χ0) is 17.3. The maximum absolute atomic E-state index is 12.4. The number of benzene rings is 1. The molecule has 0 fully saturated rings. The Balaban J connectivity index is 1.81. The Labute approximate surface area is 139 Å². The van der Waals surface area contributed by atoms with E-state index in [1.165, 1.54) is 0 Å². The highest BCUT2D eigenvalue weighted by Gasteiger charge is 2.17. The van der Waals surface area contributed by atoms with Crippen molar-refractivity contribution in [1.29, 1.82) is 5.26 Å². The number of fused-ring (bicyclic) bond motifs is 1. The molecule has 1 unspecified atom stereocenters. The first-order chi connectivity index (χ1) is 11.5. The van der Waals surface area contributed by atoms with Crippen molar-refractivity contribution in [3.63, 3.8) is 0 Å². The Morgan fingerprint density at radius 3 is 2.62 bits per heavy atom. The summed E-state index contributed by atoms with van der Waals surface area (Å²) in [7, 11) is 0. The largest absolute Gasteiger partial charge is 0.343 e. The third-order valence-electron chi connectivity index (χ3n) is 3.71. The Morgan fingerprint density at radius 1 is 1.25 bits per heavy atom. The molecular weight excluding hydrogens is 304 g/mol. The number of amides is 1. The van der Waals surface area contributed by atoms with Gasteiger partial charge in [-0.3, -0.25) is 4.79 Å². The quantitative estimate of drug-likeness (QED) is 0.797. The molecule has 3 rings (SSSR count). The van der Waals surface area contributed by atoms with E-state index < -0.39 is 0 Å². The number of rotatable bonds is 3. The molecule has 1 atom stereocenters. The van der Waals surface area contributed by atoms with Crippen LogP contribution in [0.1, 0.15) is 46.1 Å². The minimum atomic E-state index is -0.366. The van der Waals surface area contributed by atoms with Crippen molar-refractivity contribution in [2.45, 2.75) is 26.8 Å². The van der Waals surface area contributed by atoms with Crippen LogP contribution in [0, 0.1) is 25.2 Å². The molecule has 7 heteroatoms. The Bertz CT molecular complexity index is 952. The standard InChI is InChI=1S/C17H16N6O/c1-10-8-11(2)23-17(19-10)21-15(22-23)16(24)20-12(3)14-6-4-13(9-18)5-7-14/h4-8,12H,1-3H3,(H,20,24). The molecule has 1 amide bonds. The molecule has 1 aromatic carbocycles. The number of hydrogen-bond acceptors (Lipinski definition) is 5. The number of aromatic nitrogens is 4. The van der Waals surface area contributed by atoms with Crippen molar-refractivity contribution in [2.24, 2.45) is 0 Å². The third-order valence-corrected chi connectivity index (χ3v) is 3.71. The molecule has 0 aliphatic carbocycles. The number of hydrogen-bond donors (Lipinski definition) is 1. The van der Waals surface area contributed by atoms with Crippen LogP contribution in [-0.4, -0.2) is 25.5 Å². The Hall–Kier alpha value is -3.27. The van der Waals surface area contributed by atoms with Crippen LogP contribution in [0.2, 0.25) is 0 Å². The Morgan fingerprint density at radius 2 is 1.96 bits per heavy atom. The van der Waals surface area contributed by atoms with Crippen molar-refractivity contribution < 1.29 is 4.79 Å². The van der Waals surface area contributed by atoms with E-state index in [9.17, 15) is 4.79 Å². The molecule has 7 nitrogen and oxygen atoms in total. The normalized spacial score (nSPS) is 11.9. The lowest BCUT2D eigenvalue weighted by molar-refractivity contribution is 0.0929. The molecule has 24 heavy (non-hydrogen) atoms. The summed E-state index contributed by atoms with van der Waals surface area (Å²) in [6, 6.07) is 10.8. The summed E-state index contributed by atoms with van der Waals surface area (Å²) in [6.45, 7) is 5.62. The summed E-state index contributed by atoms with van der Waals surface area (Å²) in [4.78, 5) is 20.9. The third kappa shape index (κ3) is 2.94. The highest BCUT2D eigenvalue weighted by molar-refractivity contribution is 5.91. The van der Waals surface area contributed by atoms with Crippen LogP contribution in [0.3, 0.4) is 0 Å². The molecule has 0 bridgehead atoms. The average Bonchev–Trinajstić information content (AvgIpc) is 2.99. The first-order valence-corrected chi connectivity index (χ1v) is 7.50. The van der Waals surface area contributed by atoms with Crippen molar-refractivity contribution in [3.8, 4) is 6.07 Å². The smallest absolute Gasteiger partial charge is 0.291 e. The maximum Gasteiger partial charge on any atom is 0.291 e. The number of aryl methyl sites for hydroxylation is 2. The molecule has 2 heterocycles. The van der Waals surface area contributed by atoms with Crippen molar-refractivity contribution in [3.05, 3.63) is 58.7 Å². The van der Waals surface area contributed by atoms with Crippen LogP contribution in [0.5, 0.6) is 0 Å². The zero-order valence-electron chi connectivity index (χ0n) is 13.6. The number of nitrogens with zero attached hydrogens (tertiary/aromatic N) is 5. The van der Waals surface area contributed by atoms with E-state index >= 15 is 0 Å². The van der Waals surface area contributed by atoms with Gasteiger partial charge in [-0.25, -0.2) is 9.50 Å². The van der Waals surface area contributed by atoms with Gasteiger partial charge in [-0.05, 0) is 44.5 Å². The van der Waals surface area contributed by atoms with Gasteiger partial charge in [0.15, 0.2) is 0 Å². The fraction of sp³-hybridized carbons (Fsp3) is 0.235. The first kappa shape index (κ1) is 15.6. The molecule has 0 aliphatic rings. The van der Waals surface area contributed by atoms with Crippen LogP contribution in [0.4, 0.5) is 0 Å². The zero-order valence-corrected chi connectivity index (χ0v) is 13.6. The number of nitriles is 1. The second kappa shape index (κ2) is 6.08. The molecule has 2 aromatic heterocycles. The number of nitrogens with one attached hydrogen (secondary N) is 1. The van der Waals surface area contributed by atoms with Gasteiger partial charge in [0.05, 0.1) is 17.7 Å². The minimum absolute atomic E-state index is 0.0803. The molecule has 0 saturated heterocycles. The van der Waals surface area contributed by atoms with Gasteiger partial charge in [0.1, 0.15) is 0 Å². The lowest BCUT2D eigenvalue weighted by Gasteiger charge is -2.12. The van der Waals surface area contributed by atoms with Gasteiger partial charge >= 0.3 is 0 Å². The summed E-state index contributed by atoms with van der Waals surface area (Å²) in [5.41, 5.74) is 3.17. The van der Waals surface area contributed by atoms with Gasteiger partial charge in [0, 0.05) is 11.4 Å². The lowest BCUT2D eigenvalue weighted by atomic mass is 10.1. The second-order valence-electron chi connectivity index (χ2n) is 5.62. The van der Waals surface area contributed by atoms with E-state index in [4.69, 9.17) is 5.26 Å². The molecular formula is C17H16N6O. The van der Waals surface area contributed by atoms with E-state index in [0.717, 1.165) is 17.0 Å². The van der Waals surface area contributed by atoms with Crippen LogP contribution >= 0.6 is 0 Å². The number of carbonyl (C=O) groups excluding carboxylic acids is 1. The summed E-state index contributed by atoms with van der Waals surface area (Å²) in [6.07, 6.45) is 0. The van der Waals surface area contributed by atoms with Crippen LogP contribution in [-0.2, 0) is 0 Å². The van der Waals surface area contributed by atoms with Crippen molar-refractivity contribution in [1.82, 2.24) is 24.9 Å².